The molecule has 0 aliphatic carbocycles. The van der Waals surface area contributed by atoms with E-state index in [1.165, 1.54) is 6.33 Å². The van der Waals surface area contributed by atoms with E-state index in [1.54, 1.807) is 6.07 Å². The lowest BCUT2D eigenvalue weighted by molar-refractivity contribution is -0.138. The monoisotopic (exact) mass is 346 g/mol. The summed E-state index contributed by atoms with van der Waals surface area (Å²) in [5, 5.41) is 0. The largest absolute Gasteiger partial charge is 0.381 e. The molecule has 0 saturated carbocycles. The van der Waals surface area contributed by atoms with E-state index in [4.69, 9.17) is 10.5 Å². The molecule has 136 valence electrons. The van der Waals surface area contributed by atoms with Gasteiger partial charge in [0.1, 0.15) is 12.0 Å². The van der Waals surface area contributed by atoms with Crippen LogP contribution in [0, 0.1) is 11.8 Å². The standard InChI is InChI=1S/C18H26N4O3/c19-17(23)16-11-15(20-12-21-16)10-13-2-1-6-22(7-3-13)18(24)14-4-8-25-9-5-14/h11-14H,1-10H2,(H2,19,23). The van der Waals surface area contributed by atoms with Crippen LogP contribution in [0.4, 0.5) is 0 Å². The van der Waals surface area contributed by atoms with Gasteiger partial charge in [0.2, 0.25) is 5.91 Å². The molecule has 1 aromatic rings. The van der Waals surface area contributed by atoms with Crippen molar-refractivity contribution in [3.63, 3.8) is 0 Å². The SMILES string of the molecule is NC(=O)c1cc(CC2CCCN(C(=O)C3CCOCC3)CC2)ncn1. The molecule has 7 nitrogen and oxygen atoms in total. The maximum absolute atomic E-state index is 12.7. The van der Waals surface area contributed by atoms with E-state index in [-0.39, 0.29) is 11.6 Å². The van der Waals surface area contributed by atoms with Gasteiger partial charge < -0.3 is 15.4 Å². The Morgan fingerprint density at radius 2 is 1.96 bits per heavy atom. The average Bonchev–Trinajstić information content (AvgIpc) is 2.87. The number of likely N-dealkylation sites (tertiary alicyclic amines) is 1. The van der Waals surface area contributed by atoms with Crippen LogP contribution in [0.5, 0.6) is 0 Å². The van der Waals surface area contributed by atoms with E-state index in [0.717, 1.165) is 57.3 Å². The molecular formula is C18H26N4O3. The number of carbonyl (C=O) groups excluding carboxylic acids is 2. The zero-order valence-corrected chi connectivity index (χ0v) is 14.5. The van der Waals surface area contributed by atoms with Crippen molar-refractivity contribution in [3.05, 3.63) is 23.8 Å². The lowest BCUT2D eigenvalue weighted by atomic mass is 9.95. The molecule has 2 aliphatic heterocycles. The van der Waals surface area contributed by atoms with E-state index in [0.29, 0.717) is 25.0 Å². The maximum Gasteiger partial charge on any atom is 0.267 e. The second-order valence-corrected chi connectivity index (χ2v) is 6.97. The van der Waals surface area contributed by atoms with Gasteiger partial charge in [-0.1, -0.05) is 0 Å². The highest BCUT2D eigenvalue weighted by Gasteiger charge is 2.28. The van der Waals surface area contributed by atoms with Crippen molar-refractivity contribution in [2.24, 2.45) is 17.6 Å². The van der Waals surface area contributed by atoms with E-state index in [9.17, 15) is 9.59 Å². The summed E-state index contributed by atoms with van der Waals surface area (Å²) < 4.78 is 5.36. The van der Waals surface area contributed by atoms with Gasteiger partial charge in [0.15, 0.2) is 0 Å². The number of hydrogen-bond donors (Lipinski definition) is 1. The molecular weight excluding hydrogens is 320 g/mol. The summed E-state index contributed by atoms with van der Waals surface area (Å²) in [6.45, 7) is 3.03. The highest BCUT2D eigenvalue weighted by molar-refractivity contribution is 5.90. The molecule has 2 fully saturated rings. The fourth-order valence-electron chi connectivity index (χ4n) is 3.73. The van der Waals surface area contributed by atoms with Crippen LogP contribution >= 0.6 is 0 Å². The minimum Gasteiger partial charge on any atom is -0.381 e. The molecule has 2 saturated heterocycles. The second-order valence-electron chi connectivity index (χ2n) is 6.97. The van der Waals surface area contributed by atoms with Crippen molar-refractivity contribution >= 4 is 11.8 Å². The molecule has 2 aliphatic rings. The summed E-state index contributed by atoms with van der Waals surface area (Å²) in [4.78, 5) is 34.1. The number of hydrogen-bond acceptors (Lipinski definition) is 5. The fourth-order valence-corrected chi connectivity index (χ4v) is 3.73. The number of carbonyl (C=O) groups is 2. The summed E-state index contributed by atoms with van der Waals surface area (Å²) in [6, 6.07) is 1.68. The summed E-state index contributed by atoms with van der Waals surface area (Å²) in [5.74, 6) is 0.355. The van der Waals surface area contributed by atoms with Gasteiger partial charge in [0, 0.05) is 37.9 Å². The van der Waals surface area contributed by atoms with E-state index < -0.39 is 5.91 Å². The molecule has 1 atom stereocenters. The predicted octanol–water partition coefficient (Wildman–Crippen LogP) is 1.17. The fraction of sp³-hybridized carbons (Fsp3) is 0.667. The van der Waals surface area contributed by atoms with Gasteiger partial charge in [-0.05, 0) is 50.5 Å². The van der Waals surface area contributed by atoms with E-state index in [1.807, 2.05) is 4.90 Å². The van der Waals surface area contributed by atoms with Crippen LogP contribution in [-0.2, 0) is 16.0 Å². The first-order valence-electron chi connectivity index (χ1n) is 9.10. The van der Waals surface area contributed by atoms with Gasteiger partial charge in [-0.15, -0.1) is 0 Å². The number of amides is 2. The number of nitrogens with two attached hydrogens (primary N) is 1. The number of nitrogens with zero attached hydrogens (tertiary/aromatic N) is 3. The number of primary amides is 1. The van der Waals surface area contributed by atoms with Crippen LogP contribution in [0.15, 0.2) is 12.4 Å². The molecule has 3 rings (SSSR count). The van der Waals surface area contributed by atoms with Crippen molar-refractivity contribution in [2.45, 2.75) is 38.5 Å². The zero-order chi connectivity index (χ0) is 17.6. The average molecular weight is 346 g/mol. The third-order valence-corrected chi connectivity index (χ3v) is 5.20. The third-order valence-electron chi connectivity index (χ3n) is 5.20. The molecule has 0 spiro atoms. The summed E-state index contributed by atoms with van der Waals surface area (Å²) in [6.07, 6.45) is 6.91. The normalized spacial score (nSPS) is 22.4. The van der Waals surface area contributed by atoms with Gasteiger partial charge in [-0.3, -0.25) is 9.59 Å². The Balaban J connectivity index is 1.55. The topological polar surface area (TPSA) is 98.4 Å². The van der Waals surface area contributed by atoms with Crippen LogP contribution in [0.25, 0.3) is 0 Å². The summed E-state index contributed by atoms with van der Waals surface area (Å²) >= 11 is 0. The lowest BCUT2D eigenvalue weighted by Gasteiger charge is -2.28. The molecule has 7 heteroatoms. The molecule has 0 radical (unpaired) electrons. The quantitative estimate of drug-likeness (QED) is 0.882. The van der Waals surface area contributed by atoms with Crippen molar-refractivity contribution in [2.75, 3.05) is 26.3 Å². The highest BCUT2D eigenvalue weighted by Crippen LogP contribution is 2.24. The number of ether oxygens (including phenoxy) is 1. The molecule has 25 heavy (non-hydrogen) atoms. The Morgan fingerprint density at radius 1 is 1.16 bits per heavy atom. The first kappa shape index (κ1) is 17.8. The van der Waals surface area contributed by atoms with Crippen molar-refractivity contribution in [1.82, 2.24) is 14.9 Å². The van der Waals surface area contributed by atoms with Crippen molar-refractivity contribution < 1.29 is 14.3 Å². The van der Waals surface area contributed by atoms with Gasteiger partial charge in [0.25, 0.3) is 5.91 Å². The Hall–Kier alpha value is -2.02. The first-order chi connectivity index (χ1) is 12.1. The van der Waals surface area contributed by atoms with Crippen LogP contribution in [0.1, 0.15) is 48.3 Å². The van der Waals surface area contributed by atoms with Crippen LogP contribution in [0.2, 0.25) is 0 Å². The van der Waals surface area contributed by atoms with E-state index in [2.05, 4.69) is 9.97 Å². The van der Waals surface area contributed by atoms with Crippen LogP contribution in [0.3, 0.4) is 0 Å². The van der Waals surface area contributed by atoms with Gasteiger partial charge in [-0.2, -0.15) is 0 Å². The highest BCUT2D eigenvalue weighted by atomic mass is 16.5. The summed E-state index contributed by atoms with van der Waals surface area (Å²) in [7, 11) is 0. The van der Waals surface area contributed by atoms with E-state index >= 15 is 0 Å². The molecule has 3 heterocycles. The van der Waals surface area contributed by atoms with Crippen LogP contribution in [-0.4, -0.2) is 53.0 Å². The molecule has 0 aromatic carbocycles. The smallest absolute Gasteiger partial charge is 0.267 e. The third kappa shape index (κ3) is 4.75. The first-order valence-corrected chi connectivity index (χ1v) is 9.10. The maximum atomic E-state index is 12.7. The Labute approximate surface area is 148 Å². The minimum atomic E-state index is -0.530. The van der Waals surface area contributed by atoms with Crippen molar-refractivity contribution in [1.29, 1.82) is 0 Å². The number of rotatable bonds is 4. The zero-order valence-electron chi connectivity index (χ0n) is 14.5. The number of aromatic nitrogens is 2. The van der Waals surface area contributed by atoms with Gasteiger partial charge in [-0.25, -0.2) is 9.97 Å². The van der Waals surface area contributed by atoms with Gasteiger partial charge >= 0.3 is 0 Å². The minimum absolute atomic E-state index is 0.130. The second kappa shape index (κ2) is 8.38. The van der Waals surface area contributed by atoms with Crippen LogP contribution < -0.4 is 5.73 Å². The van der Waals surface area contributed by atoms with Crippen molar-refractivity contribution in [3.8, 4) is 0 Å². The molecule has 1 unspecified atom stereocenters. The molecule has 0 bridgehead atoms. The predicted molar refractivity (Wildman–Crippen MR) is 91.7 cm³/mol. The Bertz CT molecular complexity index is 616. The lowest BCUT2D eigenvalue weighted by Crippen LogP contribution is -2.39. The molecule has 2 N–H and O–H groups in total. The molecule has 2 amide bonds. The van der Waals surface area contributed by atoms with Gasteiger partial charge in [0.05, 0.1) is 0 Å². The Morgan fingerprint density at radius 3 is 2.72 bits per heavy atom. The Kier molecular flexibility index (Phi) is 5.96. The summed E-state index contributed by atoms with van der Waals surface area (Å²) in [5.41, 5.74) is 6.39. The molecule has 1 aromatic heterocycles.